The molecule has 0 radical (unpaired) electrons. The molecule has 2 fully saturated rings. The highest BCUT2D eigenvalue weighted by Gasteiger charge is 2.58. The molecule has 0 aromatic carbocycles. The fourth-order valence-corrected chi connectivity index (χ4v) is 3.07. The molecule has 2 rings (SSSR count). The molecule has 1 saturated heterocycles. The lowest BCUT2D eigenvalue weighted by atomic mass is 9.96. The van der Waals surface area contributed by atoms with Crippen LogP contribution in [0.3, 0.4) is 0 Å². The van der Waals surface area contributed by atoms with Crippen LogP contribution in [0.4, 0.5) is 9.18 Å². The Bertz CT molecular complexity index is 331. The van der Waals surface area contributed by atoms with Crippen molar-refractivity contribution >= 4 is 22.0 Å². The molecule has 17 heavy (non-hydrogen) atoms. The number of hydrogen-bond acceptors (Lipinski definition) is 2. The van der Waals surface area contributed by atoms with Crippen LogP contribution in [-0.2, 0) is 4.74 Å². The standard InChI is InChI=1S/C12H19BrFNO2/c1-11(2,3)17-10(16)15-5-8-4-9(8)12(14,6-13)7-15/h8-9H,4-7H2,1-3H3. The molecule has 0 N–H and O–H groups in total. The minimum Gasteiger partial charge on any atom is -0.444 e. The second kappa shape index (κ2) is 4.11. The van der Waals surface area contributed by atoms with E-state index in [1.54, 1.807) is 0 Å². The summed E-state index contributed by atoms with van der Waals surface area (Å²) < 4.78 is 19.8. The average molecular weight is 308 g/mol. The lowest BCUT2D eigenvalue weighted by molar-refractivity contribution is -0.00273. The van der Waals surface area contributed by atoms with E-state index in [0.717, 1.165) is 6.42 Å². The van der Waals surface area contributed by atoms with E-state index in [9.17, 15) is 9.18 Å². The number of amides is 1. The first kappa shape index (κ1) is 13.1. The van der Waals surface area contributed by atoms with Gasteiger partial charge in [0.15, 0.2) is 0 Å². The Morgan fingerprint density at radius 2 is 2.24 bits per heavy atom. The van der Waals surface area contributed by atoms with Crippen LogP contribution in [0, 0.1) is 11.8 Å². The van der Waals surface area contributed by atoms with Gasteiger partial charge in [-0.25, -0.2) is 9.18 Å². The second-order valence-electron chi connectivity index (χ2n) is 6.13. The summed E-state index contributed by atoms with van der Waals surface area (Å²) in [6, 6.07) is 0. The SMILES string of the molecule is CC(C)(C)OC(=O)N1CC2CC2C(F)(CBr)C1. The van der Waals surface area contributed by atoms with Crippen molar-refractivity contribution in [2.75, 3.05) is 18.4 Å². The van der Waals surface area contributed by atoms with Crippen LogP contribution in [0.2, 0.25) is 0 Å². The minimum atomic E-state index is -1.28. The minimum absolute atomic E-state index is 0.126. The number of carbonyl (C=O) groups excluding carboxylic acids is 1. The third-order valence-electron chi connectivity index (χ3n) is 3.37. The molecule has 0 aromatic heterocycles. The van der Waals surface area contributed by atoms with Crippen LogP contribution in [0.15, 0.2) is 0 Å². The predicted molar refractivity (Wildman–Crippen MR) is 67.0 cm³/mol. The molecule has 1 saturated carbocycles. The number of piperidine rings is 1. The van der Waals surface area contributed by atoms with Crippen LogP contribution in [-0.4, -0.2) is 40.7 Å². The molecule has 3 unspecified atom stereocenters. The molecule has 5 heteroatoms. The highest BCUT2D eigenvalue weighted by Crippen LogP contribution is 2.53. The molecular weight excluding hydrogens is 289 g/mol. The Hall–Kier alpha value is -0.320. The summed E-state index contributed by atoms with van der Waals surface area (Å²) in [5, 5.41) is 0.292. The number of alkyl halides is 2. The van der Waals surface area contributed by atoms with Crippen LogP contribution in [0.1, 0.15) is 27.2 Å². The van der Waals surface area contributed by atoms with Crippen molar-refractivity contribution in [3.63, 3.8) is 0 Å². The largest absolute Gasteiger partial charge is 0.444 e. The summed E-state index contributed by atoms with van der Waals surface area (Å²) in [6.45, 7) is 6.25. The molecule has 3 nitrogen and oxygen atoms in total. The van der Waals surface area contributed by atoms with Gasteiger partial charge < -0.3 is 9.64 Å². The number of nitrogens with zero attached hydrogens (tertiary/aromatic N) is 1. The van der Waals surface area contributed by atoms with Crippen molar-refractivity contribution in [2.45, 2.75) is 38.5 Å². The molecule has 1 aliphatic heterocycles. The van der Waals surface area contributed by atoms with Crippen LogP contribution >= 0.6 is 15.9 Å². The Morgan fingerprint density at radius 3 is 2.76 bits per heavy atom. The molecule has 3 atom stereocenters. The first-order chi connectivity index (χ1) is 7.75. The van der Waals surface area contributed by atoms with E-state index in [-0.39, 0.29) is 12.5 Å². The van der Waals surface area contributed by atoms with Gasteiger partial charge in [-0.05, 0) is 33.1 Å². The van der Waals surface area contributed by atoms with Gasteiger partial charge in [-0.1, -0.05) is 15.9 Å². The number of fused-ring (bicyclic) bond motifs is 1. The van der Waals surface area contributed by atoms with Crippen LogP contribution in [0.25, 0.3) is 0 Å². The Balaban J connectivity index is 2.01. The zero-order valence-electron chi connectivity index (χ0n) is 10.5. The summed E-state index contributed by atoms with van der Waals surface area (Å²) in [5.41, 5.74) is -1.80. The fourth-order valence-electron chi connectivity index (χ4n) is 2.47. The van der Waals surface area contributed by atoms with Gasteiger partial charge in [-0.3, -0.25) is 0 Å². The van der Waals surface area contributed by atoms with E-state index in [1.165, 1.54) is 4.90 Å². The van der Waals surface area contributed by atoms with Crippen molar-refractivity contribution in [3.8, 4) is 0 Å². The molecule has 0 bridgehead atoms. The fraction of sp³-hybridized carbons (Fsp3) is 0.917. The third kappa shape index (κ3) is 2.75. The van der Waals surface area contributed by atoms with E-state index in [0.29, 0.717) is 17.8 Å². The smallest absolute Gasteiger partial charge is 0.410 e. The highest BCUT2D eigenvalue weighted by atomic mass is 79.9. The van der Waals surface area contributed by atoms with E-state index < -0.39 is 17.4 Å². The monoisotopic (exact) mass is 307 g/mol. The van der Waals surface area contributed by atoms with Gasteiger partial charge in [0.05, 0.1) is 6.54 Å². The molecular formula is C12H19BrFNO2. The summed E-state index contributed by atoms with van der Waals surface area (Å²) in [4.78, 5) is 13.4. The number of rotatable bonds is 1. The first-order valence-electron chi connectivity index (χ1n) is 5.98. The van der Waals surface area contributed by atoms with Crippen molar-refractivity contribution < 1.29 is 13.9 Å². The summed E-state index contributed by atoms with van der Waals surface area (Å²) in [5.74, 6) is 0.444. The van der Waals surface area contributed by atoms with E-state index in [2.05, 4.69) is 15.9 Å². The maximum absolute atomic E-state index is 14.5. The Kier molecular flexibility index (Phi) is 3.17. The molecule has 0 aromatic rings. The van der Waals surface area contributed by atoms with Gasteiger partial charge in [0.2, 0.25) is 0 Å². The molecule has 1 amide bonds. The second-order valence-corrected chi connectivity index (χ2v) is 6.69. The van der Waals surface area contributed by atoms with Crippen molar-refractivity contribution in [1.29, 1.82) is 0 Å². The highest BCUT2D eigenvalue weighted by molar-refractivity contribution is 9.09. The van der Waals surface area contributed by atoms with Gasteiger partial charge in [-0.2, -0.15) is 0 Å². The Morgan fingerprint density at radius 1 is 1.59 bits per heavy atom. The van der Waals surface area contributed by atoms with Gasteiger partial charge in [0.25, 0.3) is 0 Å². The third-order valence-corrected chi connectivity index (χ3v) is 4.30. The normalized spacial score (nSPS) is 36.4. The maximum atomic E-state index is 14.5. The van der Waals surface area contributed by atoms with Gasteiger partial charge in [0, 0.05) is 17.8 Å². The summed E-state index contributed by atoms with van der Waals surface area (Å²) in [7, 11) is 0. The quantitative estimate of drug-likeness (QED) is 0.697. The van der Waals surface area contributed by atoms with Gasteiger partial charge in [0.1, 0.15) is 11.3 Å². The van der Waals surface area contributed by atoms with Crippen LogP contribution < -0.4 is 0 Å². The number of hydrogen-bond donors (Lipinski definition) is 0. The van der Waals surface area contributed by atoms with Crippen molar-refractivity contribution in [3.05, 3.63) is 0 Å². The van der Waals surface area contributed by atoms with Crippen molar-refractivity contribution in [2.24, 2.45) is 11.8 Å². The van der Waals surface area contributed by atoms with Gasteiger partial charge in [-0.15, -0.1) is 0 Å². The maximum Gasteiger partial charge on any atom is 0.410 e. The van der Waals surface area contributed by atoms with E-state index >= 15 is 0 Å². The number of likely N-dealkylation sites (tertiary alicyclic amines) is 1. The number of halogens is 2. The summed E-state index contributed by atoms with van der Waals surface area (Å²) >= 11 is 3.22. The number of ether oxygens (including phenoxy) is 1. The van der Waals surface area contributed by atoms with Crippen LogP contribution in [0.5, 0.6) is 0 Å². The zero-order valence-corrected chi connectivity index (χ0v) is 12.1. The zero-order chi connectivity index (χ0) is 12.8. The van der Waals surface area contributed by atoms with Gasteiger partial charge >= 0.3 is 6.09 Å². The van der Waals surface area contributed by atoms with Crippen molar-refractivity contribution in [1.82, 2.24) is 4.90 Å². The molecule has 1 heterocycles. The Labute approximate surface area is 110 Å². The molecule has 1 aliphatic carbocycles. The topological polar surface area (TPSA) is 29.5 Å². The molecule has 98 valence electrons. The lowest BCUT2D eigenvalue weighted by Gasteiger charge is -2.36. The summed E-state index contributed by atoms with van der Waals surface area (Å²) in [6.07, 6.45) is 0.493. The molecule has 2 aliphatic rings. The predicted octanol–water partition coefficient (Wildman–Crippen LogP) is 2.98. The van der Waals surface area contributed by atoms with E-state index in [1.807, 2.05) is 20.8 Å². The average Bonchev–Trinajstić information content (AvgIpc) is 2.95. The van der Waals surface area contributed by atoms with E-state index in [4.69, 9.17) is 4.74 Å². The number of carbonyl (C=O) groups is 1. The lowest BCUT2D eigenvalue weighted by Crippen LogP contribution is -2.51. The molecule has 0 spiro atoms. The first-order valence-corrected chi connectivity index (χ1v) is 7.10.